The molecule has 1 aromatic carbocycles. The number of benzene rings is 1. The summed E-state index contributed by atoms with van der Waals surface area (Å²) in [6.07, 6.45) is 4.07. The van der Waals surface area contributed by atoms with Crippen molar-refractivity contribution in [3.8, 4) is 0 Å². The zero-order chi connectivity index (χ0) is 16.3. The van der Waals surface area contributed by atoms with Crippen LogP contribution >= 0.6 is 0 Å². The quantitative estimate of drug-likeness (QED) is 0.772. The van der Waals surface area contributed by atoms with Gasteiger partial charge in [-0.05, 0) is 18.9 Å². The molecule has 126 valence electrons. The Morgan fingerprint density at radius 2 is 2.13 bits per heavy atom. The smallest absolute Gasteiger partial charge is 0.226 e. The molecule has 2 aliphatic rings. The molecule has 1 aliphatic carbocycles. The number of amides is 1. The van der Waals surface area contributed by atoms with Crippen molar-refractivity contribution in [1.29, 1.82) is 0 Å². The maximum absolute atomic E-state index is 14.1. The molecule has 2 fully saturated rings. The van der Waals surface area contributed by atoms with Crippen LogP contribution in [0.2, 0.25) is 0 Å². The van der Waals surface area contributed by atoms with Crippen LogP contribution in [-0.2, 0) is 9.53 Å². The standard InChI is InChI=1S/C17H24FN3O2/c1-23-11-17(8-4-5-9-17)20-16(22)13-10-19-21-15(13)12-6-2-3-7-14(12)18/h2-3,6-7,13,15,19,21H,4-5,8-11H2,1H3,(H,20,22). The van der Waals surface area contributed by atoms with Gasteiger partial charge in [0, 0.05) is 19.2 Å². The van der Waals surface area contributed by atoms with Crippen molar-refractivity contribution >= 4 is 5.91 Å². The number of carbonyl (C=O) groups excluding carboxylic acids is 1. The van der Waals surface area contributed by atoms with Crippen LogP contribution in [0.15, 0.2) is 24.3 Å². The Morgan fingerprint density at radius 3 is 2.83 bits per heavy atom. The average Bonchev–Trinajstić information content (AvgIpc) is 3.18. The molecule has 0 bridgehead atoms. The van der Waals surface area contributed by atoms with Gasteiger partial charge in [-0.3, -0.25) is 10.2 Å². The molecule has 3 rings (SSSR count). The minimum atomic E-state index is -0.364. The highest BCUT2D eigenvalue weighted by Crippen LogP contribution is 2.32. The Morgan fingerprint density at radius 1 is 1.39 bits per heavy atom. The predicted octanol–water partition coefficient (Wildman–Crippen LogP) is 1.67. The van der Waals surface area contributed by atoms with Gasteiger partial charge in [-0.2, -0.15) is 0 Å². The van der Waals surface area contributed by atoms with Gasteiger partial charge in [0.05, 0.1) is 24.1 Å². The van der Waals surface area contributed by atoms with Crippen LogP contribution in [0, 0.1) is 11.7 Å². The second-order valence-corrected chi connectivity index (χ2v) is 6.54. The lowest BCUT2D eigenvalue weighted by molar-refractivity contribution is -0.127. The van der Waals surface area contributed by atoms with E-state index in [1.165, 1.54) is 6.07 Å². The lowest BCUT2D eigenvalue weighted by Crippen LogP contribution is -2.52. The maximum Gasteiger partial charge on any atom is 0.226 e. The first-order valence-corrected chi connectivity index (χ1v) is 8.19. The number of nitrogens with one attached hydrogen (secondary N) is 3. The van der Waals surface area contributed by atoms with Gasteiger partial charge < -0.3 is 10.1 Å². The van der Waals surface area contributed by atoms with Gasteiger partial charge in [0.1, 0.15) is 5.82 Å². The first-order valence-electron chi connectivity index (χ1n) is 8.19. The van der Waals surface area contributed by atoms with E-state index in [1.807, 2.05) is 0 Å². The first-order chi connectivity index (χ1) is 11.2. The van der Waals surface area contributed by atoms with Crippen molar-refractivity contribution in [2.75, 3.05) is 20.3 Å². The van der Waals surface area contributed by atoms with Crippen molar-refractivity contribution in [3.63, 3.8) is 0 Å². The fraction of sp³-hybridized carbons (Fsp3) is 0.588. The number of carbonyl (C=O) groups is 1. The Hall–Kier alpha value is -1.50. The molecule has 1 amide bonds. The minimum Gasteiger partial charge on any atom is -0.382 e. The van der Waals surface area contributed by atoms with E-state index in [1.54, 1.807) is 25.3 Å². The molecule has 0 radical (unpaired) electrons. The maximum atomic E-state index is 14.1. The van der Waals surface area contributed by atoms with Crippen molar-refractivity contribution < 1.29 is 13.9 Å². The Kier molecular flexibility index (Phi) is 4.94. The Balaban J connectivity index is 1.74. The van der Waals surface area contributed by atoms with E-state index in [0.717, 1.165) is 25.7 Å². The molecular formula is C17H24FN3O2. The minimum absolute atomic E-state index is 0.0466. The van der Waals surface area contributed by atoms with E-state index in [0.29, 0.717) is 18.7 Å². The second kappa shape index (κ2) is 6.95. The topological polar surface area (TPSA) is 62.4 Å². The van der Waals surface area contributed by atoms with E-state index in [2.05, 4.69) is 16.2 Å². The van der Waals surface area contributed by atoms with Gasteiger partial charge >= 0.3 is 0 Å². The first kappa shape index (κ1) is 16.4. The molecule has 1 aliphatic heterocycles. The van der Waals surface area contributed by atoms with Crippen LogP contribution in [0.3, 0.4) is 0 Å². The van der Waals surface area contributed by atoms with Crippen LogP contribution in [0.25, 0.3) is 0 Å². The third kappa shape index (κ3) is 3.39. The highest BCUT2D eigenvalue weighted by molar-refractivity contribution is 5.81. The van der Waals surface area contributed by atoms with Crippen LogP contribution in [0.4, 0.5) is 4.39 Å². The fourth-order valence-corrected chi connectivity index (χ4v) is 3.75. The van der Waals surface area contributed by atoms with Crippen molar-refractivity contribution in [2.24, 2.45) is 5.92 Å². The fourth-order valence-electron chi connectivity index (χ4n) is 3.75. The lowest BCUT2D eigenvalue weighted by Gasteiger charge is -2.31. The Labute approximate surface area is 135 Å². The number of hydrazine groups is 1. The van der Waals surface area contributed by atoms with E-state index < -0.39 is 0 Å². The summed E-state index contributed by atoms with van der Waals surface area (Å²) < 4.78 is 19.4. The molecule has 5 nitrogen and oxygen atoms in total. The molecule has 2 atom stereocenters. The highest BCUT2D eigenvalue weighted by atomic mass is 19.1. The van der Waals surface area contributed by atoms with Crippen molar-refractivity contribution in [3.05, 3.63) is 35.6 Å². The zero-order valence-corrected chi connectivity index (χ0v) is 13.4. The molecule has 3 N–H and O–H groups in total. The van der Waals surface area contributed by atoms with Gasteiger partial charge in [0.2, 0.25) is 5.91 Å². The number of methoxy groups -OCH3 is 1. The van der Waals surface area contributed by atoms with E-state index in [9.17, 15) is 9.18 Å². The molecule has 1 saturated carbocycles. The van der Waals surface area contributed by atoms with Gasteiger partial charge in [-0.1, -0.05) is 31.0 Å². The third-order valence-corrected chi connectivity index (χ3v) is 4.93. The van der Waals surface area contributed by atoms with E-state index >= 15 is 0 Å². The van der Waals surface area contributed by atoms with Gasteiger partial charge in [-0.25, -0.2) is 9.82 Å². The monoisotopic (exact) mass is 321 g/mol. The molecule has 23 heavy (non-hydrogen) atoms. The number of halogens is 1. The van der Waals surface area contributed by atoms with Crippen molar-refractivity contribution in [1.82, 2.24) is 16.2 Å². The van der Waals surface area contributed by atoms with Crippen LogP contribution in [-0.4, -0.2) is 31.7 Å². The van der Waals surface area contributed by atoms with Crippen LogP contribution in [0.5, 0.6) is 0 Å². The van der Waals surface area contributed by atoms with Crippen LogP contribution in [0.1, 0.15) is 37.3 Å². The molecule has 2 unspecified atom stereocenters. The number of ether oxygens (including phenoxy) is 1. The molecule has 0 aromatic heterocycles. The molecule has 1 aromatic rings. The number of hydrogen-bond donors (Lipinski definition) is 3. The normalized spacial score (nSPS) is 26.3. The van der Waals surface area contributed by atoms with Crippen molar-refractivity contribution in [2.45, 2.75) is 37.3 Å². The molecule has 1 saturated heterocycles. The summed E-state index contributed by atoms with van der Waals surface area (Å²) in [4.78, 5) is 12.8. The summed E-state index contributed by atoms with van der Waals surface area (Å²) in [5, 5.41) is 3.19. The van der Waals surface area contributed by atoms with Gasteiger partial charge in [0.25, 0.3) is 0 Å². The highest BCUT2D eigenvalue weighted by Gasteiger charge is 2.41. The summed E-state index contributed by atoms with van der Waals surface area (Å²) in [6, 6.07) is 6.23. The van der Waals surface area contributed by atoms with E-state index in [-0.39, 0.29) is 29.2 Å². The molecular weight excluding hydrogens is 297 g/mol. The summed E-state index contributed by atoms with van der Waals surface area (Å²) >= 11 is 0. The summed E-state index contributed by atoms with van der Waals surface area (Å²) in [5.41, 5.74) is 6.27. The molecule has 1 heterocycles. The largest absolute Gasteiger partial charge is 0.382 e. The SMILES string of the molecule is COCC1(NC(=O)C2CNNC2c2ccccc2F)CCCC1. The summed E-state index contributed by atoms with van der Waals surface area (Å²) in [6.45, 7) is 1.00. The summed E-state index contributed by atoms with van der Waals surface area (Å²) in [7, 11) is 1.66. The van der Waals surface area contributed by atoms with Crippen LogP contribution < -0.4 is 16.2 Å². The van der Waals surface area contributed by atoms with E-state index in [4.69, 9.17) is 4.74 Å². The Bertz CT molecular complexity index is 561. The average molecular weight is 321 g/mol. The third-order valence-electron chi connectivity index (χ3n) is 4.93. The molecule has 0 spiro atoms. The number of rotatable bonds is 5. The number of hydrogen-bond acceptors (Lipinski definition) is 4. The molecule has 6 heteroatoms. The van der Waals surface area contributed by atoms with Gasteiger partial charge in [-0.15, -0.1) is 0 Å². The summed E-state index contributed by atoms with van der Waals surface area (Å²) in [5.74, 6) is -0.685. The predicted molar refractivity (Wildman–Crippen MR) is 85.0 cm³/mol. The van der Waals surface area contributed by atoms with Gasteiger partial charge in [0.15, 0.2) is 0 Å². The lowest BCUT2D eigenvalue weighted by atomic mass is 9.91. The zero-order valence-electron chi connectivity index (χ0n) is 13.4. The second-order valence-electron chi connectivity index (χ2n) is 6.54.